The van der Waals surface area contributed by atoms with Crippen molar-refractivity contribution in [3.63, 3.8) is 0 Å². The predicted molar refractivity (Wildman–Crippen MR) is 90.5 cm³/mol. The fourth-order valence-corrected chi connectivity index (χ4v) is 3.09. The third kappa shape index (κ3) is 4.19. The van der Waals surface area contributed by atoms with Gasteiger partial charge in [0, 0.05) is 31.0 Å². The van der Waals surface area contributed by atoms with Gasteiger partial charge in [-0.05, 0) is 31.0 Å². The molecule has 2 amide bonds. The van der Waals surface area contributed by atoms with E-state index in [2.05, 4.69) is 5.32 Å². The fourth-order valence-electron chi connectivity index (χ4n) is 2.93. The summed E-state index contributed by atoms with van der Waals surface area (Å²) in [5.74, 6) is 0.411. The maximum atomic E-state index is 12.5. The minimum absolute atomic E-state index is 0.103. The minimum atomic E-state index is -0.126. The van der Waals surface area contributed by atoms with Gasteiger partial charge in [-0.1, -0.05) is 11.6 Å². The number of fused-ring (bicyclic) bond motifs is 1. The highest BCUT2D eigenvalue weighted by atomic mass is 35.5. The molecule has 0 spiro atoms. The second-order valence-electron chi connectivity index (χ2n) is 5.94. The van der Waals surface area contributed by atoms with Gasteiger partial charge < -0.3 is 19.7 Å². The molecule has 7 heteroatoms. The van der Waals surface area contributed by atoms with Crippen LogP contribution >= 0.6 is 11.6 Å². The lowest BCUT2D eigenvalue weighted by Crippen LogP contribution is -2.39. The molecule has 1 atom stereocenters. The zero-order valence-corrected chi connectivity index (χ0v) is 14.2. The van der Waals surface area contributed by atoms with E-state index in [0.29, 0.717) is 36.2 Å². The third-order valence-electron chi connectivity index (χ3n) is 4.20. The summed E-state index contributed by atoms with van der Waals surface area (Å²) in [4.78, 5) is 26.0. The Kier molecular flexibility index (Phi) is 5.58. The molecule has 3 rings (SSSR count). The number of halogens is 1. The number of amides is 2. The summed E-state index contributed by atoms with van der Waals surface area (Å²) < 4.78 is 11.0. The molecule has 1 aromatic carbocycles. The van der Waals surface area contributed by atoms with E-state index in [9.17, 15) is 9.59 Å². The molecule has 1 saturated heterocycles. The van der Waals surface area contributed by atoms with Crippen molar-refractivity contribution in [1.29, 1.82) is 0 Å². The van der Waals surface area contributed by atoms with E-state index in [1.54, 1.807) is 23.1 Å². The van der Waals surface area contributed by atoms with E-state index in [1.807, 2.05) is 0 Å². The molecule has 2 aliphatic heterocycles. The van der Waals surface area contributed by atoms with Crippen LogP contribution in [-0.4, -0.2) is 44.2 Å². The van der Waals surface area contributed by atoms with Crippen molar-refractivity contribution in [3.8, 4) is 5.75 Å². The lowest BCUT2D eigenvalue weighted by molar-refractivity contribution is -0.125. The Morgan fingerprint density at radius 1 is 1.29 bits per heavy atom. The molecule has 1 N–H and O–H groups in total. The first kappa shape index (κ1) is 17.0. The summed E-state index contributed by atoms with van der Waals surface area (Å²) in [6.07, 6.45) is 2.45. The number of rotatable bonds is 5. The molecular weight excluding hydrogens is 332 g/mol. The summed E-state index contributed by atoms with van der Waals surface area (Å²) in [6.45, 7) is 2.18. The topological polar surface area (TPSA) is 67.9 Å². The van der Waals surface area contributed by atoms with E-state index in [1.165, 1.54) is 0 Å². The molecule has 1 aromatic rings. The van der Waals surface area contributed by atoms with Crippen LogP contribution in [0.4, 0.5) is 5.69 Å². The van der Waals surface area contributed by atoms with Crippen LogP contribution in [0, 0.1) is 0 Å². The molecule has 0 saturated carbocycles. The van der Waals surface area contributed by atoms with Crippen LogP contribution in [0.3, 0.4) is 0 Å². The average Bonchev–Trinajstić information content (AvgIpc) is 3.10. The van der Waals surface area contributed by atoms with Crippen LogP contribution in [-0.2, 0) is 14.3 Å². The Bertz CT molecular complexity index is 617. The van der Waals surface area contributed by atoms with Gasteiger partial charge in [-0.2, -0.15) is 0 Å². The molecule has 2 aliphatic rings. The van der Waals surface area contributed by atoms with Crippen molar-refractivity contribution in [2.24, 2.45) is 0 Å². The Balaban J connectivity index is 1.50. The van der Waals surface area contributed by atoms with Gasteiger partial charge in [0.2, 0.25) is 11.8 Å². The smallest absolute Gasteiger partial charge is 0.227 e. The molecule has 6 nitrogen and oxygen atoms in total. The van der Waals surface area contributed by atoms with Gasteiger partial charge in [0.25, 0.3) is 0 Å². The summed E-state index contributed by atoms with van der Waals surface area (Å²) in [5, 5.41) is 3.38. The van der Waals surface area contributed by atoms with Crippen molar-refractivity contribution in [2.45, 2.75) is 31.8 Å². The van der Waals surface area contributed by atoms with Crippen molar-refractivity contribution < 1.29 is 19.1 Å². The van der Waals surface area contributed by atoms with Crippen LogP contribution in [0.1, 0.15) is 25.7 Å². The highest BCUT2D eigenvalue weighted by molar-refractivity contribution is 6.31. The Morgan fingerprint density at radius 2 is 2.17 bits per heavy atom. The van der Waals surface area contributed by atoms with E-state index in [0.717, 1.165) is 19.4 Å². The largest absolute Gasteiger partial charge is 0.490 e. The highest BCUT2D eigenvalue weighted by Gasteiger charge is 2.24. The van der Waals surface area contributed by atoms with Crippen molar-refractivity contribution >= 4 is 29.1 Å². The molecule has 1 unspecified atom stereocenters. The number of anilines is 1. The predicted octanol–water partition coefficient (Wildman–Crippen LogP) is 2.14. The summed E-state index contributed by atoms with van der Waals surface area (Å²) in [6, 6.07) is 5.20. The van der Waals surface area contributed by atoms with Gasteiger partial charge in [0.1, 0.15) is 12.4 Å². The molecule has 2 heterocycles. The zero-order chi connectivity index (χ0) is 16.9. The van der Waals surface area contributed by atoms with Crippen LogP contribution < -0.4 is 15.0 Å². The number of hydrogen-bond donors (Lipinski definition) is 1. The number of hydrogen-bond acceptors (Lipinski definition) is 4. The SMILES string of the molecule is O=C(CCC(=O)N1CCOc2ccc(Cl)cc21)NCC1CCCO1. The van der Waals surface area contributed by atoms with Gasteiger partial charge >= 0.3 is 0 Å². The monoisotopic (exact) mass is 352 g/mol. The first-order chi connectivity index (χ1) is 11.6. The van der Waals surface area contributed by atoms with Crippen LogP contribution in [0.5, 0.6) is 5.75 Å². The molecule has 1 fully saturated rings. The quantitative estimate of drug-likeness (QED) is 0.881. The van der Waals surface area contributed by atoms with Crippen molar-refractivity contribution in [2.75, 3.05) is 31.2 Å². The minimum Gasteiger partial charge on any atom is -0.490 e. The third-order valence-corrected chi connectivity index (χ3v) is 4.44. The molecule has 24 heavy (non-hydrogen) atoms. The van der Waals surface area contributed by atoms with Crippen LogP contribution in [0.2, 0.25) is 5.02 Å². The van der Waals surface area contributed by atoms with Crippen molar-refractivity contribution in [1.82, 2.24) is 5.32 Å². The standard InChI is InChI=1S/C17H21ClN2O4/c18-12-3-4-15-14(10-12)20(7-9-24-15)17(22)6-5-16(21)19-11-13-2-1-8-23-13/h3-4,10,13H,1-2,5-9,11H2,(H,19,21). The lowest BCUT2D eigenvalue weighted by Gasteiger charge is -2.29. The lowest BCUT2D eigenvalue weighted by atomic mass is 10.2. The second-order valence-corrected chi connectivity index (χ2v) is 6.38. The van der Waals surface area contributed by atoms with Gasteiger partial charge in [0.15, 0.2) is 0 Å². The first-order valence-corrected chi connectivity index (χ1v) is 8.62. The number of ether oxygens (including phenoxy) is 2. The summed E-state index contributed by atoms with van der Waals surface area (Å²) in [5.41, 5.74) is 0.665. The van der Waals surface area contributed by atoms with Gasteiger partial charge in [-0.15, -0.1) is 0 Å². The number of carbonyl (C=O) groups excluding carboxylic acids is 2. The molecule has 130 valence electrons. The second kappa shape index (κ2) is 7.85. The van der Waals surface area contributed by atoms with E-state index in [-0.39, 0.29) is 30.8 Å². The van der Waals surface area contributed by atoms with E-state index >= 15 is 0 Å². The zero-order valence-electron chi connectivity index (χ0n) is 13.4. The number of benzene rings is 1. The van der Waals surface area contributed by atoms with Gasteiger partial charge in [-0.3, -0.25) is 9.59 Å². The average molecular weight is 353 g/mol. The Morgan fingerprint density at radius 3 is 2.96 bits per heavy atom. The number of nitrogens with zero attached hydrogens (tertiary/aromatic N) is 1. The van der Waals surface area contributed by atoms with Crippen LogP contribution in [0.15, 0.2) is 18.2 Å². The van der Waals surface area contributed by atoms with E-state index < -0.39 is 0 Å². The number of carbonyl (C=O) groups is 2. The highest BCUT2D eigenvalue weighted by Crippen LogP contribution is 2.34. The van der Waals surface area contributed by atoms with Gasteiger partial charge in [0.05, 0.1) is 18.3 Å². The molecule has 0 aromatic heterocycles. The molecule has 0 aliphatic carbocycles. The van der Waals surface area contributed by atoms with Crippen LogP contribution in [0.25, 0.3) is 0 Å². The summed E-state index contributed by atoms with van der Waals surface area (Å²) >= 11 is 6.01. The van der Waals surface area contributed by atoms with Gasteiger partial charge in [-0.25, -0.2) is 0 Å². The first-order valence-electron chi connectivity index (χ1n) is 8.24. The molecule has 0 radical (unpaired) electrons. The Hall–Kier alpha value is -1.79. The number of nitrogens with one attached hydrogen (secondary N) is 1. The maximum Gasteiger partial charge on any atom is 0.227 e. The van der Waals surface area contributed by atoms with E-state index in [4.69, 9.17) is 21.1 Å². The Labute approximate surface area is 146 Å². The fraction of sp³-hybridized carbons (Fsp3) is 0.529. The molecule has 0 bridgehead atoms. The summed E-state index contributed by atoms with van der Waals surface area (Å²) in [7, 11) is 0. The van der Waals surface area contributed by atoms with Crippen molar-refractivity contribution in [3.05, 3.63) is 23.2 Å². The normalized spacial score (nSPS) is 19.5. The maximum absolute atomic E-state index is 12.5. The molecular formula is C17H21ClN2O4.